The van der Waals surface area contributed by atoms with Crippen LogP contribution in [0, 0.1) is 13.8 Å². The van der Waals surface area contributed by atoms with Crippen LogP contribution in [0.5, 0.6) is 0 Å². The predicted octanol–water partition coefficient (Wildman–Crippen LogP) is 6.19. The molecule has 5 rings (SSSR count). The molecule has 4 heteroatoms. The van der Waals surface area contributed by atoms with Crippen molar-refractivity contribution >= 4 is 27.7 Å². The van der Waals surface area contributed by atoms with Crippen LogP contribution >= 0.6 is 0 Å². The number of para-hydroxylation sites is 1. The normalized spacial score (nSPS) is 11.9. The maximum Gasteiger partial charge on any atom is 0.146 e. The van der Waals surface area contributed by atoms with E-state index in [1.165, 1.54) is 11.1 Å². The maximum absolute atomic E-state index is 6.23. The van der Waals surface area contributed by atoms with Gasteiger partial charge in [-0.15, -0.1) is 0 Å². The maximum atomic E-state index is 6.23. The number of fused-ring (bicyclic) bond motifs is 2. The highest BCUT2D eigenvalue weighted by Gasteiger charge is 2.08. The first-order valence-corrected chi connectivity index (χ1v) is 9.93. The molecule has 2 aromatic heterocycles. The average Bonchev–Trinajstić information content (AvgIpc) is 2.79. The molecule has 3 aromatic carbocycles. The fraction of sp³-hybridized carbons (Fsp3) is 0.0769. The Morgan fingerprint density at radius 1 is 0.800 bits per heavy atom. The standard InChI is InChI=1S/C26H21N3O/c1-17-14-21-23(28-29-26-13-12-19-8-6-7-11-22(19)27-26)16-24(20-9-4-3-5-10-20)30-25(21)15-18(17)2/h3-16H,1-2H3,(H,27,29). The zero-order valence-electron chi connectivity index (χ0n) is 16.9. The van der Waals surface area contributed by atoms with Crippen LogP contribution in [0.25, 0.3) is 33.2 Å². The van der Waals surface area contributed by atoms with Crippen LogP contribution in [0.2, 0.25) is 0 Å². The van der Waals surface area contributed by atoms with Crippen LogP contribution in [0.3, 0.4) is 0 Å². The van der Waals surface area contributed by atoms with Crippen molar-refractivity contribution in [3.63, 3.8) is 0 Å². The number of aryl methyl sites for hydroxylation is 2. The molecule has 0 aliphatic heterocycles. The predicted molar refractivity (Wildman–Crippen MR) is 122 cm³/mol. The Hall–Kier alpha value is -3.92. The minimum Gasteiger partial charge on any atom is -0.456 e. The van der Waals surface area contributed by atoms with Gasteiger partial charge in [0.05, 0.1) is 10.9 Å². The SMILES string of the molecule is Cc1cc2oc(-c3ccccc3)cc(=NNc3ccc4ccccc4n3)c2cc1C. The molecule has 0 bridgehead atoms. The summed E-state index contributed by atoms with van der Waals surface area (Å²) in [6.45, 7) is 4.19. The van der Waals surface area contributed by atoms with Crippen LogP contribution in [0.1, 0.15) is 11.1 Å². The molecule has 0 atom stereocenters. The lowest BCUT2D eigenvalue weighted by Crippen LogP contribution is -2.08. The van der Waals surface area contributed by atoms with E-state index in [-0.39, 0.29) is 0 Å². The highest BCUT2D eigenvalue weighted by atomic mass is 16.3. The van der Waals surface area contributed by atoms with Gasteiger partial charge in [-0.2, -0.15) is 5.10 Å². The molecule has 146 valence electrons. The Morgan fingerprint density at radius 2 is 1.57 bits per heavy atom. The van der Waals surface area contributed by atoms with Crippen molar-refractivity contribution in [2.45, 2.75) is 13.8 Å². The van der Waals surface area contributed by atoms with Gasteiger partial charge in [0.25, 0.3) is 0 Å². The molecule has 5 aromatic rings. The fourth-order valence-corrected chi connectivity index (χ4v) is 3.51. The molecule has 0 spiro atoms. The lowest BCUT2D eigenvalue weighted by molar-refractivity contribution is 0.617. The largest absolute Gasteiger partial charge is 0.456 e. The molecule has 1 N–H and O–H groups in total. The summed E-state index contributed by atoms with van der Waals surface area (Å²) in [6, 6.07) is 28.3. The highest BCUT2D eigenvalue weighted by Crippen LogP contribution is 2.24. The molecule has 0 radical (unpaired) electrons. The molecular weight excluding hydrogens is 370 g/mol. The summed E-state index contributed by atoms with van der Waals surface area (Å²) in [7, 11) is 0. The van der Waals surface area contributed by atoms with Crippen molar-refractivity contribution in [1.29, 1.82) is 0 Å². The number of hydrogen-bond acceptors (Lipinski definition) is 4. The van der Waals surface area contributed by atoms with E-state index in [4.69, 9.17) is 9.52 Å². The lowest BCUT2D eigenvalue weighted by Gasteiger charge is -2.08. The average molecular weight is 391 g/mol. The van der Waals surface area contributed by atoms with E-state index >= 15 is 0 Å². The third kappa shape index (κ3) is 3.44. The smallest absolute Gasteiger partial charge is 0.146 e. The van der Waals surface area contributed by atoms with Gasteiger partial charge < -0.3 is 4.42 Å². The molecule has 0 fully saturated rings. The number of nitrogens with one attached hydrogen (secondary N) is 1. The van der Waals surface area contributed by atoms with E-state index in [2.05, 4.69) is 36.4 Å². The second-order valence-electron chi connectivity index (χ2n) is 7.41. The molecule has 0 saturated carbocycles. The van der Waals surface area contributed by atoms with Gasteiger partial charge in [0.2, 0.25) is 0 Å². The molecule has 0 saturated heterocycles. The summed E-state index contributed by atoms with van der Waals surface area (Å²) < 4.78 is 6.23. The van der Waals surface area contributed by atoms with Crippen molar-refractivity contribution in [3.05, 3.63) is 101 Å². The quantitative estimate of drug-likeness (QED) is 0.373. The number of hydrogen-bond donors (Lipinski definition) is 1. The Kier molecular flexibility index (Phi) is 4.52. The van der Waals surface area contributed by atoms with Crippen LogP contribution in [0.15, 0.2) is 94.4 Å². The number of benzene rings is 3. The van der Waals surface area contributed by atoms with Crippen molar-refractivity contribution in [3.8, 4) is 11.3 Å². The van der Waals surface area contributed by atoms with Crippen molar-refractivity contribution in [2.75, 3.05) is 5.43 Å². The minimum absolute atomic E-state index is 0.702. The zero-order valence-corrected chi connectivity index (χ0v) is 16.9. The molecule has 0 aliphatic carbocycles. The summed E-state index contributed by atoms with van der Waals surface area (Å²) in [4.78, 5) is 4.65. The third-order valence-corrected chi connectivity index (χ3v) is 5.31. The van der Waals surface area contributed by atoms with Crippen LogP contribution in [-0.4, -0.2) is 4.98 Å². The molecule has 0 amide bonds. The molecule has 4 nitrogen and oxygen atoms in total. The monoisotopic (exact) mass is 391 g/mol. The summed E-state index contributed by atoms with van der Waals surface area (Å²) >= 11 is 0. The minimum atomic E-state index is 0.702. The number of rotatable bonds is 3. The van der Waals surface area contributed by atoms with E-state index < -0.39 is 0 Å². The zero-order chi connectivity index (χ0) is 20.5. The molecule has 0 aliphatic rings. The summed E-state index contributed by atoms with van der Waals surface area (Å²) in [5.74, 6) is 1.48. The van der Waals surface area contributed by atoms with Crippen LogP contribution in [0.4, 0.5) is 5.82 Å². The van der Waals surface area contributed by atoms with E-state index in [0.29, 0.717) is 5.82 Å². The number of nitrogens with zero attached hydrogens (tertiary/aromatic N) is 2. The molecule has 2 heterocycles. The van der Waals surface area contributed by atoms with Gasteiger partial charge in [-0.25, -0.2) is 4.98 Å². The van der Waals surface area contributed by atoms with Gasteiger partial charge in [0.1, 0.15) is 17.2 Å². The summed E-state index contributed by atoms with van der Waals surface area (Å²) in [5.41, 5.74) is 8.27. The summed E-state index contributed by atoms with van der Waals surface area (Å²) in [6.07, 6.45) is 0. The lowest BCUT2D eigenvalue weighted by atomic mass is 10.1. The van der Waals surface area contributed by atoms with Gasteiger partial charge >= 0.3 is 0 Å². The second-order valence-corrected chi connectivity index (χ2v) is 7.41. The Morgan fingerprint density at radius 3 is 2.43 bits per heavy atom. The van der Waals surface area contributed by atoms with E-state index in [9.17, 15) is 0 Å². The van der Waals surface area contributed by atoms with Gasteiger partial charge in [-0.05, 0) is 55.3 Å². The highest BCUT2D eigenvalue weighted by molar-refractivity contribution is 5.81. The van der Waals surface area contributed by atoms with Crippen LogP contribution in [-0.2, 0) is 0 Å². The van der Waals surface area contributed by atoms with E-state index in [1.54, 1.807) is 0 Å². The Balaban J connectivity index is 1.66. The molecule has 0 unspecified atom stereocenters. The number of anilines is 1. The number of aromatic nitrogens is 1. The van der Waals surface area contributed by atoms with Crippen molar-refractivity contribution < 1.29 is 4.42 Å². The first kappa shape index (κ1) is 18.1. The third-order valence-electron chi connectivity index (χ3n) is 5.31. The van der Waals surface area contributed by atoms with Crippen molar-refractivity contribution in [2.24, 2.45) is 5.10 Å². The fourth-order valence-electron chi connectivity index (χ4n) is 3.51. The summed E-state index contributed by atoms with van der Waals surface area (Å²) in [5, 5.41) is 7.57. The van der Waals surface area contributed by atoms with Gasteiger partial charge in [-0.3, -0.25) is 5.43 Å². The van der Waals surface area contributed by atoms with Gasteiger partial charge in [-0.1, -0.05) is 48.5 Å². The van der Waals surface area contributed by atoms with Gasteiger partial charge in [0.15, 0.2) is 0 Å². The Labute approximate surface area is 174 Å². The van der Waals surface area contributed by atoms with E-state index in [0.717, 1.165) is 38.6 Å². The first-order chi connectivity index (χ1) is 14.7. The number of pyridine rings is 1. The van der Waals surface area contributed by atoms with E-state index in [1.807, 2.05) is 72.8 Å². The van der Waals surface area contributed by atoms with Gasteiger partial charge in [0, 0.05) is 22.4 Å². The topological polar surface area (TPSA) is 50.4 Å². The first-order valence-electron chi connectivity index (χ1n) is 9.93. The molecular formula is C26H21N3O. The second kappa shape index (κ2) is 7.48. The molecule has 30 heavy (non-hydrogen) atoms. The van der Waals surface area contributed by atoms with Crippen molar-refractivity contribution in [1.82, 2.24) is 4.98 Å². The van der Waals surface area contributed by atoms with Crippen LogP contribution < -0.4 is 10.8 Å². The Bertz CT molecular complexity index is 1440.